The van der Waals surface area contributed by atoms with Crippen LogP contribution in [0.1, 0.15) is 32.6 Å². The van der Waals surface area contributed by atoms with Crippen molar-refractivity contribution in [2.24, 2.45) is 0 Å². The molecule has 0 N–H and O–H groups in total. The maximum absolute atomic E-state index is 5.75. The zero-order valence-electron chi connectivity index (χ0n) is 12.8. The number of rotatable bonds is 10. The minimum Gasteiger partial charge on any atom is -0.494 e. The van der Waals surface area contributed by atoms with Gasteiger partial charge in [-0.25, -0.2) is 0 Å². The summed E-state index contributed by atoms with van der Waals surface area (Å²) in [6.45, 7) is 7.97. The smallest absolute Gasteiger partial charge is 0.120 e. The van der Waals surface area contributed by atoms with E-state index >= 15 is 0 Å². The van der Waals surface area contributed by atoms with Crippen molar-refractivity contribution in [1.29, 1.82) is 0 Å². The molecule has 0 aliphatic heterocycles. The van der Waals surface area contributed by atoms with Crippen LogP contribution in [0.15, 0.2) is 36.9 Å². The highest BCUT2D eigenvalue weighted by Crippen LogP contribution is 2.17. The van der Waals surface area contributed by atoms with E-state index in [0.717, 1.165) is 18.8 Å². The Kier molecular flexibility index (Phi) is 15.2. The summed E-state index contributed by atoms with van der Waals surface area (Å²) >= 11 is 11.2. The first-order valence-electron chi connectivity index (χ1n) is 7.37. The Morgan fingerprint density at radius 3 is 2.62 bits per heavy atom. The molecule has 0 aromatic heterocycles. The Labute approximate surface area is 139 Å². The van der Waals surface area contributed by atoms with E-state index in [1.807, 2.05) is 18.2 Å². The van der Waals surface area contributed by atoms with Gasteiger partial charge in [0.05, 0.1) is 13.2 Å². The van der Waals surface area contributed by atoms with E-state index in [0.29, 0.717) is 24.1 Å². The van der Waals surface area contributed by atoms with Gasteiger partial charge in [0, 0.05) is 17.5 Å². The molecule has 0 atom stereocenters. The van der Waals surface area contributed by atoms with Crippen molar-refractivity contribution >= 4 is 23.2 Å². The van der Waals surface area contributed by atoms with Gasteiger partial charge in [-0.15, -0.1) is 18.2 Å². The Hall–Kier alpha value is -0.700. The molecule has 0 spiro atoms. The van der Waals surface area contributed by atoms with Crippen LogP contribution in [0.4, 0.5) is 0 Å². The van der Waals surface area contributed by atoms with Crippen LogP contribution in [-0.2, 0) is 4.74 Å². The van der Waals surface area contributed by atoms with E-state index in [9.17, 15) is 0 Å². The van der Waals surface area contributed by atoms with Crippen molar-refractivity contribution in [3.63, 3.8) is 0 Å². The highest BCUT2D eigenvalue weighted by atomic mass is 35.5. The van der Waals surface area contributed by atoms with Gasteiger partial charge in [0.1, 0.15) is 5.75 Å². The molecule has 0 saturated carbocycles. The lowest BCUT2D eigenvalue weighted by Crippen LogP contribution is -1.97. The molecule has 120 valence electrons. The summed E-state index contributed by atoms with van der Waals surface area (Å²) in [4.78, 5) is 0. The quantitative estimate of drug-likeness (QED) is 0.309. The molecule has 0 radical (unpaired) electrons. The predicted molar refractivity (Wildman–Crippen MR) is 92.8 cm³/mol. The average Bonchev–Trinajstić information content (AvgIpc) is 2.48. The van der Waals surface area contributed by atoms with Gasteiger partial charge in [0.15, 0.2) is 0 Å². The van der Waals surface area contributed by atoms with Crippen LogP contribution in [-0.4, -0.2) is 25.7 Å². The zero-order chi connectivity index (χ0) is 15.8. The van der Waals surface area contributed by atoms with E-state index in [1.165, 1.54) is 19.3 Å². The molecule has 0 fully saturated rings. The van der Waals surface area contributed by atoms with E-state index in [-0.39, 0.29) is 0 Å². The van der Waals surface area contributed by atoms with E-state index < -0.39 is 0 Å². The van der Waals surface area contributed by atoms with E-state index in [2.05, 4.69) is 13.5 Å². The lowest BCUT2D eigenvalue weighted by Gasteiger charge is -2.03. The van der Waals surface area contributed by atoms with Gasteiger partial charge in [0.2, 0.25) is 0 Å². The molecule has 0 heterocycles. The van der Waals surface area contributed by atoms with Gasteiger partial charge >= 0.3 is 0 Å². The van der Waals surface area contributed by atoms with Crippen LogP contribution in [0.5, 0.6) is 5.75 Å². The zero-order valence-corrected chi connectivity index (χ0v) is 14.3. The van der Waals surface area contributed by atoms with Gasteiger partial charge in [0.25, 0.3) is 0 Å². The fourth-order valence-corrected chi connectivity index (χ4v) is 1.71. The average molecular weight is 333 g/mol. The van der Waals surface area contributed by atoms with Gasteiger partial charge in [-0.05, 0) is 31.0 Å². The Morgan fingerprint density at radius 2 is 2.00 bits per heavy atom. The molecular formula is C17H26Cl2O2. The number of unbranched alkanes of at least 4 members (excludes halogenated alkanes) is 2. The van der Waals surface area contributed by atoms with Gasteiger partial charge in [-0.3, -0.25) is 0 Å². The lowest BCUT2D eigenvalue weighted by molar-refractivity contribution is 0.158. The number of hydrogen-bond acceptors (Lipinski definition) is 2. The first-order valence-corrected chi connectivity index (χ1v) is 8.28. The van der Waals surface area contributed by atoms with Crippen molar-refractivity contribution < 1.29 is 9.47 Å². The van der Waals surface area contributed by atoms with Crippen molar-refractivity contribution in [2.75, 3.05) is 25.7 Å². The molecule has 0 saturated heterocycles. The maximum atomic E-state index is 5.75. The van der Waals surface area contributed by atoms with Gasteiger partial charge < -0.3 is 9.47 Å². The van der Waals surface area contributed by atoms with Crippen LogP contribution in [0, 0.1) is 0 Å². The number of halogens is 2. The highest BCUT2D eigenvalue weighted by molar-refractivity contribution is 6.30. The van der Waals surface area contributed by atoms with Crippen LogP contribution in [0.2, 0.25) is 5.02 Å². The summed E-state index contributed by atoms with van der Waals surface area (Å²) in [5.74, 6) is 1.42. The van der Waals surface area contributed by atoms with Gasteiger partial charge in [-0.1, -0.05) is 43.5 Å². The second-order valence-electron chi connectivity index (χ2n) is 4.42. The molecule has 1 rings (SSSR count). The van der Waals surface area contributed by atoms with Crippen LogP contribution < -0.4 is 4.74 Å². The third kappa shape index (κ3) is 14.0. The molecule has 0 amide bonds. The molecule has 0 aliphatic carbocycles. The molecule has 0 unspecified atom stereocenters. The summed E-state index contributed by atoms with van der Waals surface area (Å²) in [5.41, 5.74) is 0. The molecule has 4 heteroatoms. The highest BCUT2D eigenvalue weighted by Gasteiger charge is 1.93. The first-order chi connectivity index (χ1) is 10.2. The summed E-state index contributed by atoms with van der Waals surface area (Å²) in [6.07, 6.45) is 6.36. The summed E-state index contributed by atoms with van der Waals surface area (Å²) in [5, 5.41) is 0.693. The summed E-state index contributed by atoms with van der Waals surface area (Å²) in [6, 6.07) is 7.34. The fourth-order valence-electron chi connectivity index (χ4n) is 1.42. The van der Waals surface area contributed by atoms with Crippen molar-refractivity contribution in [1.82, 2.24) is 0 Å². The Bertz CT molecular complexity index is 356. The largest absolute Gasteiger partial charge is 0.494 e. The molecule has 0 bridgehead atoms. The number of benzene rings is 1. The molecule has 0 aliphatic rings. The number of hydrogen-bond donors (Lipinski definition) is 0. The summed E-state index contributed by atoms with van der Waals surface area (Å²) < 4.78 is 10.5. The van der Waals surface area contributed by atoms with Crippen molar-refractivity contribution in [3.8, 4) is 5.75 Å². The minimum atomic E-state index is 0.626. The molecule has 21 heavy (non-hydrogen) atoms. The van der Waals surface area contributed by atoms with Crippen LogP contribution >= 0.6 is 23.2 Å². The lowest BCUT2D eigenvalue weighted by atomic mass is 10.3. The van der Waals surface area contributed by atoms with Crippen molar-refractivity contribution in [3.05, 3.63) is 41.9 Å². The SMILES string of the molecule is C=CCOCCCCC.ClCCCOc1cccc(Cl)c1. The summed E-state index contributed by atoms with van der Waals surface area (Å²) in [7, 11) is 0. The van der Waals surface area contributed by atoms with E-state index in [1.54, 1.807) is 12.1 Å². The number of alkyl halides is 1. The second-order valence-corrected chi connectivity index (χ2v) is 5.23. The topological polar surface area (TPSA) is 18.5 Å². The Morgan fingerprint density at radius 1 is 1.19 bits per heavy atom. The second kappa shape index (κ2) is 15.7. The van der Waals surface area contributed by atoms with Crippen LogP contribution in [0.3, 0.4) is 0 Å². The molecule has 1 aromatic carbocycles. The van der Waals surface area contributed by atoms with Crippen LogP contribution in [0.25, 0.3) is 0 Å². The molecule has 1 aromatic rings. The third-order valence-corrected chi connectivity index (χ3v) is 2.97. The van der Waals surface area contributed by atoms with Crippen molar-refractivity contribution in [2.45, 2.75) is 32.6 Å². The van der Waals surface area contributed by atoms with Gasteiger partial charge in [-0.2, -0.15) is 0 Å². The first kappa shape index (κ1) is 20.3. The normalized spacial score (nSPS) is 9.67. The maximum Gasteiger partial charge on any atom is 0.120 e. The molecular weight excluding hydrogens is 307 g/mol. The van der Waals surface area contributed by atoms with E-state index in [4.69, 9.17) is 32.7 Å². The minimum absolute atomic E-state index is 0.626. The standard InChI is InChI=1S/C9H10Cl2O.C8H16O/c10-5-2-6-12-9-4-1-3-8(11)7-9;1-3-5-6-8-9-7-4-2/h1,3-4,7H,2,5-6H2;4H,2-3,5-8H2,1H3. The third-order valence-electron chi connectivity index (χ3n) is 2.47. The monoisotopic (exact) mass is 332 g/mol. The molecule has 2 nitrogen and oxygen atoms in total. The number of ether oxygens (including phenoxy) is 2. The predicted octanol–water partition coefficient (Wildman–Crippen LogP) is 5.73. The fraction of sp³-hybridized carbons (Fsp3) is 0.529. The Balaban J connectivity index is 0.000000400.